The lowest BCUT2D eigenvalue weighted by molar-refractivity contribution is -0.115. The first kappa shape index (κ1) is 15.9. The number of nitrogens with one attached hydrogen (secondary N) is 1. The molecule has 1 aromatic rings. The molecule has 1 amide bonds. The Kier molecular flexibility index (Phi) is 7.41. The van der Waals surface area contributed by atoms with Crippen molar-refractivity contribution in [3.8, 4) is 0 Å². The number of benzene rings is 1. The second-order valence-corrected chi connectivity index (χ2v) is 5.66. The Hall–Kier alpha value is -1.16. The maximum absolute atomic E-state index is 10.9. The fourth-order valence-electron chi connectivity index (χ4n) is 1.91. The summed E-state index contributed by atoms with van der Waals surface area (Å²) in [7, 11) is 0. The predicted octanol–water partition coefficient (Wildman–Crippen LogP) is 3.64. The molecule has 0 spiro atoms. The molecule has 0 aliphatic rings. The highest BCUT2D eigenvalue weighted by Crippen LogP contribution is 2.28. The van der Waals surface area contributed by atoms with Crippen LogP contribution in [0, 0.1) is 0 Å². The van der Waals surface area contributed by atoms with Gasteiger partial charge in [-0.1, -0.05) is 38.8 Å². The maximum atomic E-state index is 10.9. The first-order valence-corrected chi connectivity index (χ1v) is 7.92. The number of carbonyl (C=O) groups is 1. The Bertz CT molecular complexity index is 395. The largest absolute Gasteiger partial charge is 0.381 e. The van der Waals surface area contributed by atoms with E-state index in [-0.39, 0.29) is 5.91 Å². The number of nitrogens with two attached hydrogens (primary N) is 1. The van der Waals surface area contributed by atoms with E-state index in [9.17, 15) is 4.79 Å². The molecule has 1 aromatic carbocycles. The average molecular weight is 280 g/mol. The van der Waals surface area contributed by atoms with Gasteiger partial charge in [-0.05, 0) is 25.0 Å². The molecule has 106 valence electrons. The van der Waals surface area contributed by atoms with Crippen LogP contribution in [0.15, 0.2) is 29.2 Å². The number of hydrogen-bond donors (Lipinski definition) is 2. The molecule has 0 saturated carbocycles. The van der Waals surface area contributed by atoms with Gasteiger partial charge in [-0.2, -0.15) is 0 Å². The van der Waals surface area contributed by atoms with Crippen molar-refractivity contribution >= 4 is 23.4 Å². The molecular formula is C15H24N2OS. The third-order valence-electron chi connectivity index (χ3n) is 3.02. The second-order valence-electron chi connectivity index (χ2n) is 4.64. The van der Waals surface area contributed by atoms with E-state index < -0.39 is 0 Å². The minimum absolute atomic E-state index is 0.280. The Morgan fingerprint density at radius 1 is 1.37 bits per heavy atom. The molecule has 0 bridgehead atoms. The van der Waals surface area contributed by atoms with Crippen molar-refractivity contribution in [2.75, 3.05) is 11.1 Å². The van der Waals surface area contributed by atoms with Gasteiger partial charge in [0.05, 0.1) is 5.75 Å². The van der Waals surface area contributed by atoms with Crippen molar-refractivity contribution in [2.45, 2.75) is 50.5 Å². The van der Waals surface area contributed by atoms with Gasteiger partial charge in [-0.3, -0.25) is 4.79 Å². The molecule has 19 heavy (non-hydrogen) atoms. The minimum atomic E-state index is -0.280. The fourth-order valence-corrected chi connectivity index (χ4v) is 2.66. The quantitative estimate of drug-likeness (QED) is 0.679. The first-order chi connectivity index (χ1) is 9.17. The molecule has 0 radical (unpaired) electrons. The van der Waals surface area contributed by atoms with Crippen LogP contribution >= 0.6 is 11.8 Å². The van der Waals surface area contributed by atoms with Gasteiger partial charge in [0.1, 0.15) is 0 Å². The molecular weight excluding hydrogens is 256 g/mol. The Balaban J connectivity index is 2.67. The standard InChI is InChI=1S/C15H24N2OS/c1-3-5-8-12(4-2)17-13-9-6-7-10-14(13)19-11-15(16)18/h6-7,9-10,12,17H,3-5,8,11H2,1-2H3,(H2,16,18). The monoisotopic (exact) mass is 280 g/mol. The van der Waals surface area contributed by atoms with Gasteiger partial charge in [0.2, 0.25) is 5.91 Å². The maximum Gasteiger partial charge on any atom is 0.227 e. The van der Waals surface area contributed by atoms with Crippen molar-refractivity contribution < 1.29 is 4.79 Å². The van der Waals surface area contributed by atoms with Gasteiger partial charge >= 0.3 is 0 Å². The van der Waals surface area contributed by atoms with Crippen LogP contribution in [0.2, 0.25) is 0 Å². The van der Waals surface area contributed by atoms with Crippen LogP contribution in [-0.2, 0) is 4.79 Å². The molecule has 0 heterocycles. The summed E-state index contributed by atoms with van der Waals surface area (Å²) in [6.07, 6.45) is 4.75. The summed E-state index contributed by atoms with van der Waals surface area (Å²) >= 11 is 1.49. The number of carbonyl (C=O) groups excluding carboxylic acids is 1. The highest BCUT2D eigenvalue weighted by molar-refractivity contribution is 8.00. The Morgan fingerprint density at radius 2 is 2.11 bits per heavy atom. The Morgan fingerprint density at radius 3 is 2.74 bits per heavy atom. The van der Waals surface area contributed by atoms with Gasteiger partial charge < -0.3 is 11.1 Å². The molecule has 0 aliphatic heterocycles. The fraction of sp³-hybridized carbons (Fsp3) is 0.533. The van der Waals surface area contributed by atoms with Crippen LogP contribution in [0.5, 0.6) is 0 Å². The van der Waals surface area contributed by atoms with E-state index in [1.165, 1.54) is 31.0 Å². The van der Waals surface area contributed by atoms with Gasteiger partial charge in [0, 0.05) is 16.6 Å². The molecule has 0 aliphatic carbocycles. The van der Waals surface area contributed by atoms with Gasteiger partial charge in [0.25, 0.3) is 0 Å². The lowest BCUT2D eigenvalue weighted by Gasteiger charge is -2.20. The number of para-hydroxylation sites is 1. The lowest BCUT2D eigenvalue weighted by Crippen LogP contribution is -2.19. The topological polar surface area (TPSA) is 55.1 Å². The van der Waals surface area contributed by atoms with E-state index in [1.54, 1.807) is 0 Å². The second kappa shape index (κ2) is 8.86. The van der Waals surface area contributed by atoms with Crippen LogP contribution in [0.25, 0.3) is 0 Å². The van der Waals surface area contributed by atoms with Crippen molar-refractivity contribution in [3.63, 3.8) is 0 Å². The summed E-state index contributed by atoms with van der Waals surface area (Å²) in [4.78, 5) is 12.0. The predicted molar refractivity (Wildman–Crippen MR) is 83.6 cm³/mol. The van der Waals surface area contributed by atoms with Crippen LogP contribution in [0.4, 0.5) is 5.69 Å². The third kappa shape index (κ3) is 6.01. The number of hydrogen-bond acceptors (Lipinski definition) is 3. The molecule has 0 fully saturated rings. The third-order valence-corrected chi connectivity index (χ3v) is 4.11. The summed E-state index contributed by atoms with van der Waals surface area (Å²) in [6.45, 7) is 4.41. The van der Waals surface area contributed by atoms with E-state index in [1.807, 2.05) is 18.2 Å². The number of primary amides is 1. The average Bonchev–Trinajstić information content (AvgIpc) is 2.42. The van der Waals surface area contributed by atoms with Gasteiger partial charge in [-0.25, -0.2) is 0 Å². The highest BCUT2D eigenvalue weighted by Gasteiger charge is 2.09. The smallest absolute Gasteiger partial charge is 0.227 e. The van der Waals surface area contributed by atoms with E-state index in [0.717, 1.165) is 17.0 Å². The van der Waals surface area contributed by atoms with E-state index in [2.05, 4.69) is 25.2 Å². The first-order valence-electron chi connectivity index (χ1n) is 6.94. The number of unbranched alkanes of at least 4 members (excludes halogenated alkanes) is 1. The summed E-state index contributed by atoms with van der Waals surface area (Å²) in [5.74, 6) is 0.0441. The molecule has 1 unspecified atom stereocenters. The highest BCUT2D eigenvalue weighted by atomic mass is 32.2. The number of thioether (sulfide) groups is 1. The zero-order valence-electron chi connectivity index (χ0n) is 11.8. The van der Waals surface area contributed by atoms with Crippen molar-refractivity contribution in [1.29, 1.82) is 0 Å². The molecule has 1 rings (SSSR count). The van der Waals surface area contributed by atoms with Crippen molar-refractivity contribution in [1.82, 2.24) is 0 Å². The van der Waals surface area contributed by atoms with Gasteiger partial charge in [0.15, 0.2) is 0 Å². The van der Waals surface area contributed by atoms with Gasteiger partial charge in [-0.15, -0.1) is 11.8 Å². The number of amides is 1. The SMILES string of the molecule is CCCCC(CC)Nc1ccccc1SCC(N)=O. The molecule has 3 nitrogen and oxygen atoms in total. The zero-order chi connectivity index (χ0) is 14.1. The molecule has 0 saturated heterocycles. The van der Waals surface area contributed by atoms with Crippen LogP contribution < -0.4 is 11.1 Å². The van der Waals surface area contributed by atoms with Crippen molar-refractivity contribution in [3.05, 3.63) is 24.3 Å². The lowest BCUT2D eigenvalue weighted by atomic mass is 10.1. The summed E-state index contributed by atoms with van der Waals surface area (Å²) < 4.78 is 0. The zero-order valence-corrected chi connectivity index (χ0v) is 12.6. The van der Waals surface area contributed by atoms with E-state index >= 15 is 0 Å². The van der Waals surface area contributed by atoms with Crippen LogP contribution in [-0.4, -0.2) is 17.7 Å². The summed E-state index contributed by atoms with van der Waals surface area (Å²) in [6, 6.07) is 8.60. The van der Waals surface area contributed by atoms with Crippen LogP contribution in [0.3, 0.4) is 0 Å². The molecule has 0 aromatic heterocycles. The number of rotatable bonds is 9. The molecule has 4 heteroatoms. The van der Waals surface area contributed by atoms with E-state index in [4.69, 9.17) is 5.73 Å². The summed E-state index contributed by atoms with van der Waals surface area (Å²) in [5, 5.41) is 3.58. The van der Waals surface area contributed by atoms with E-state index in [0.29, 0.717) is 11.8 Å². The molecule has 1 atom stereocenters. The summed E-state index contributed by atoms with van der Waals surface area (Å²) in [5.41, 5.74) is 6.31. The Labute approximate surface area is 120 Å². The molecule has 3 N–H and O–H groups in total. The minimum Gasteiger partial charge on any atom is -0.381 e. The van der Waals surface area contributed by atoms with Crippen molar-refractivity contribution in [2.24, 2.45) is 5.73 Å². The number of anilines is 1. The van der Waals surface area contributed by atoms with Crippen LogP contribution in [0.1, 0.15) is 39.5 Å². The normalized spacial score (nSPS) is 12.1.